The number of morpholine rings is 1. The van der Waals surface area contributed by atoms with E-state index in [2.05, 4.69) is 35.0 Å². The highest BCUT2D eigenvalue weighted by atomic mass is 32.1. The lowest BCUT2D eigenvalue weighted by molar-refractivity contribution is 0.0266. The van der Waals surface area contributed by atoms with Gasteiger partial charge in [0, 0.05) is 43.9 Å². The van der Waals surface area contributed by atoms with Crippen molar-refractivity contribution < 1.29 is 18.6 Å². The van der Waals surface area contributed by atoms with Crippen LogP contribution >= 0.6 is 12.2 Å². The molecule has 8 heteroatoms. The van der Waals surface area contributed by atoms with Crippen LogP contribution in [0.25, 0.3) is 0 Å². The van der Waals surface area contributed by atoms with Crippen molar-refractivity contribution in [1.82, 2.24) is 9.80 Å². The van der Waals surface area contributed by atoms with Gasteiger partial charge in [0.1, 0.15) is 22.9 Å². The number of benzene rings is 2. The highest BCUT2D eigenvalue weighted by molar-refractivity contribution is 7.80. The Hall–Kier alpha value is -2.42. The molecule has 0 spiro atoms. The molecule has 0 aromatic heterocycles. The van der Waals surface area contributed by atoms with Gasteiger partial charge in [0.2, 0.25) is 0 Å². The van der Waals surface area contributed by atoms with Crippen molar-refractivity contribution in [3.63, 3.8) is 0 Å². The molecule has 0 radical (unpaired) electrons. The lowest BCUT2D eigenvalue weighted by Crippen LogP contribution is -2.48. The Balaban J connectivity index is 1.64. The summed E-state index contributed by atoms with van der Waals surface area (Å²) in [4.78, 5) is 4.61. The van der Waals surface area contributed by atoms with Crippen molar-refractivity contribution in [3.05, 3.63) is 53.8 Å². The predicted octanol–water partition coefficient (Wildman–Crippen LogP) is 4.86. The van der Waals surface area contributed by atoms with Gasteiger partial charge in [-0.2, -0.15) is 0 Å². The molecule has 0 saturated carbocycles. The first-order valence-electron chi connectivity index (χ1n) is 11.9. The summed E-state index contributed by atoms with van der Waals surface area (Å²) in [5.74, 6) is 1.35. The van der Waals surface area contributed by atoms with Crippen LogP contribution in [0.15, 0.2) is 42.5 Å². The minimum absolute atomic E-state index is 0.0197. The van der Waals surface area contributed by atoms with E-state index in [0.717, 1.165) is 62.9 Å². The third kappa shape index (κ3) is 6.17. The van der Waals surface area contributed by atoms with Crippen LogP contribution < -0.4 is 14.8 Å². The Morgan fingerprint density at radius 2 is 2.03 bits per heavy atom. The lowest BCUT2D eigenvalue weighted by Gasteiger charge is -2.44. The minimum atomic E-state index is -0.365. The van der Waals surface area contributed by atoms with E-state index < -0.39 is 0 Å². The maximum absolute atomic E-state index is 13.8. The second-order valence-electron chi connectivity index (χ2n) is 9.30. The fourth-order valence-electron chi connectivity index (χ4n) is 4.56. The maximum atomic E-state index is 13.8. The second kappa shape index (κ2) is 10.9. The van der Waals surface area contributed by atoms with Gasteiger partial charge >= 0.3 is 0 Å². The highest BCUT2D eigenvalue weighted by Crippen LogP contribution is 2.44. The molecule has 2 aromatic carbocycles. The average Bonchev–Trinajstić information content (AvgIpc) is 2.80. The molecular formula is C26H34FN3O3S. The van der Waals surface area contributed by atoms with Crippen LogP contribution in [0.3, 0.4) is 0 Å². The van der Waals surface area contributed by atoms with Crippen molar-refractivity contribution in [2.24, 2.45) is 0 Å². The standard InChI is InChI=1S/C26H34FN3O3S/c1-4-32-21-8-9-24-22(17-21)23(18-26(2,3)33-24)30(11-10-29-12-14-31-15-13-29)25(34)28-20-7-5-6-19(27)16-20/h5-9,16-17,23H,4,10-15,18H2,1-3H3,(H,28,34)/t23-/m0/s1. The van der Waals surface area contributed by atoms with E-state index in [9.17, 15) is 4.39 Å². The van der Waals surface area contributed by atoms with Crippen molar-refractivity contribution in [2.45, 2.75) is 38.8 Å². The summed E-state index contributed by atoms with van der Waals surface area (Å²) < 4.78 is 31.5. The molecule has 6 nitrogen and oxygen atoms in total. The van der Waals surface area contributed by atoms with Gasteiger partial charge in [0.25, 0.3) is 0 Å². The zero-order valence-corrected chi connectivity index (χ0v) is 21.0. The number of thiocarbonyl (C=S) groups is 1. The summed E-state index contributed by atoms with van der Waals surface area (Å²) in [6.45, 7) is 11.6. The van der Waals surface area contributed by atoms with Crippen LogP contribution in [0.4, 0.5) is 10.1 Å². The number of fused-ring (bicyclic) bond motifs is 1. The SMILES string of the molecule is CCOc1ccc2c(c1)[C@@H](N(CCN1CCOCC1)C(=S)Nc1cccc(F)c1)CC(C)(C)O2. The van der Waals surface area contributed by atoms with Crippen LogP contribution in [0.2, 0.25) is 0 Å². The molecule has 2 aromatic rings. The molecule has 0 amide bonds. The molecule has 2 aliphatic rings. The van der Waals surface area contributed by atoms with Gasteiger partial charge in [0.15, 0.2) is 5.11 Å². The van der Waals surface area contributed by atoms with Crippen molar-refractivity contribution in [3.8, 4) is 11.5 Å². The third-order valence-electron chi connectivity index (χ3n) is 6.20. The average molecular weight is 488 g/mol. The first kappa shape index (κ1) is 24.7. The predicted molar refractivity (Wildman–Crippen MR) is 136 cm³/mol. The molecule has 0 aliphatic carbocycles. The van der Waals surface area contributed by atoms with E-state index in [4.69, 9.17) is 26.4 Å². The van der Waals surface area contributed by atoms with Gasteiger partial charge < -0.3 is 24.4 Å². The number of hydrogen-bond acceptors (Lipinski definition) is 5. The first-order chi connectivity index (χ1) is 16.3. The molecule has 4 rings (SSSR count). The number of nitrogens with one attached hydrogen (secondary N) is 1. The van der Waals surface area contributed by atoms with Crippen molar-refractivity contribution in [2.75, 3.05) is 51.3 Å². The molecule has 184 valence electrons. The molecule has 2 heterocycles. The highest BCUT2D eigenvalue weighted by Gasteiger charge is 2.38. The molecule has 0 unspecified atom stereocenters. The first-order valence-corrected chi connectivity index (χ1v) is 12.3. The summed E-state index contributed by atoms with van der Waals surface area (Å²) in [6.07, 6.45) is 0.754. The van der Waals surface area contributed by atoms with Crippen LogP contribution in [0, 0.1) is 5.82 Å². The lowest BCUT2D eigenvalue weighted by atomic mass is 9.88. The van der Waals surface area contributed by atoms with Crippen LogP contribution in [0.1, 0.15) is 38.8 Å². The summed E-state index contributed by atoms with van der Waals surface area (Å²) in [7, 11) is 0. The fourth-order valence-corrected chi connectivity index (χ4v) is 4.90. The number of halogens is 1. The van der Waals surface area contributed by atoms with Crippen LogP contribution in [0.5, 0.6) is 11.5 Å². The zero-order chi connectivity index (χ0) is 24.1. The molecule has 1 atom stereocenters. The van der Waals surface area contributed by atoms with E-state index in [-0.39, 0.29) is 17.5 Å². The van der Waals surface area contributed by atoms with E-state index in [1.54, 1.807) is 6.07 Å². The molecule has 34 heavy (non-hydrogen) atoms. The number of anilines is 1. The van der Waals surface area contributed by atoms with Gasteiger partial charge in [-0.15, -0.1) is 0 Å². The number of rotatable bonds is 7. The molecular weight excluding hydrogens is 453 g/mol. The van der Waals surface area contributed by atoms with Gasteiger partial charge in [-0.25, -0.2) is 4.39 Å². The van der Waals surface area contributed by atoms with Gasteiger partial charge in [0.05, 0.1) is 25.9 Å². The monoisotopic (exact) mass is 487 g/mol. The quantitative estimate of drug-likeness (QED) is 0.560. The Morgan fingerprint density at radius 1 is 1.24 bits per heavy atom. The van der Waals surface area contributed by atoms with Crippen LogP contribution in [-0.2, 0) is 4.74 Å². The largest absolute Gasteiger partial charge is 0.494 e. The van der Waals surface area contributed by atoms with E-state index in [0.29, 0.717) is 17.4 Å². The molecule has 1 N–H and O–H groups in total. The van der Waals surface area contributed by atoms with Gasteiger partial charge in [-0.3, -0.25) is 4.90 Å². The number of nitrogens with zero attached hydrogens (tertiary/aromatic N) is 2. The third-order valence-corrected chi connectivity index (χ3v) is 6.53. The Bertz CT molecular complexity index is 997. The summed E-state index contributed by atoms with van der Waals surface area (Å²) in [6, 6.07) is 12.4. The molecule has 2 aliphatic heterocycles. The van der Waals surface area contributed by atoms with E-state index >= 15 is 0 Å². The maximum Gasteiger partial charge on any atom is 0.173 e. The number of ether oxygens (including phenoxy) is 3. The smallest absolute Gasteiger partial charge is 0.173 e. The topological polar surface area (TPSA) is 46.2 Å². The fraction of sp³-hybridized carbons (Fsp3) is 0.500. The van der Waals surface area contributed by atoms with Crippen molar-refractivity contribution in [1.29, 1.82) is 0 Å². The number of hydrogen-bond donors (Lipinski definition) is 1. The Kier molecular flexibility index (Phi) is 7.91. The Labute approximate surface area is 207 Å². The minimum Gasteiger partial charge on any atom is -0.494 e. The summed E-state index contributed by atoms with van der Waals surface area (Å²) in [5, 5.41) is 3.83. The summed E-state index contributed by atoms with van der Waals surface area (Å²) in [5.41, 5.74) is 1.32. The zero-order valence-electron chi connectivity index (χ0n) is 20.2. The van der Waals surface area contributed by atoms with Gasteiger partial charge in [-0.1, -0.05) is 6.07 Å². The second-order valence-corrected chi connectivity index (χ2v) is 9.69. The van der Waals surface area contributed by atoms with E-state index in [1.807, 2.05) is 25.1 Å². The van der Waals surface area contributed by atoms with E-state index in [1.165, 1.54) is 12.1 Å². The Morgan fingerprint density at radius 3 is 2.76 bits per heavy atom. The van der Waals surface area contributed by atoms with Crippen LogP contribution in [-0.4, -0.2) is 66.5 Å². The van der Waals surface area contributed by atoms with Gasteiger partial charge in [-0.05, 0) is 69.4 Å². The summed E-state index contributed by atoms with van der Waals surface area (Å²) >= 11 is 5.91. The van der Waals surface area contributed by atoms with Crippen molar-refractivity contribution >= 4 is 23.0 Å². The molecule has 0 bridgehead atoms. The normalized spacial score (nSPS) is 19.6. The molecule has 1 fully saturated rings. The molecule has 1 saturated heterocycles.